The second-order valence-corrected chi connectivity index (χ2v) is 7.69. The number of benzene rings is 3. The Bertz CT molecular complexity index is 974. The third kappa shape index (κ3) is 5.38. The van der Waals surface area contributed by atoms with Crippen molar-refractivity contribution >= 4 is 50.5 Å². The fourth-order valence-corrected chi connectivity index (χ4v) is 3.43. The van der Waals surface area contributed by atoms with Crippen LogP contribution in [0, 0.1) is 10.1 Å². The highest BCUT2D eigenvalue weighted by Gasteiger charge is 2.11. The topological polar surface area (TPSA) is 64.4 Å². The van der Waals surface area contributed by atoms with Crippen LogP contribution < -0.4 is 10.1 Å². The Morgan fingerprint density at radius 3 is 2.32 bits per heavy atom. The molecule has 144 valence electrons. The molecule has 28 heavy (non-hydrogen) atoms. The van der Waals surface area contributed by atoms with Gasteiger partial charge in [-0.2, -0.15) is 0 Å². The van der Waals surface area contributed by atoms with E-state index in [9.17, 15) is 10.1 Å². The molecule has 0 aromatic heterocycles. The van der Waals surface area contributed by atoms with Crippen LogP contribution >= 0.6 is 39.1 Å². The summed E-state index contributed by atoms with van der Waals surface area (Å²) < 4.78 is 6.77. The fraction of sp³-hybridized carbons (Fsp3) is 0.100. The van der Waals surface area contributed by atoms with Crippen LogP contribution in [0.15, 0.2) is 65.1 Å². The summed E-state index contributed by atoms with van der Waals surface area (Å²) in [6.07, 6.45) is 0. The number of nitrogens with one attached hydrogen (secondary N) is 1. The van der Waals surface area contributed by atoms with Gasteiger partial charge in [0.15, 0.2) is 5.75 Å². The zero-order valence-electron chi connectivity index (χ0n) is 14.5. The van der Waals surface area contributed by atoms with Gasteiger partial charge in [-0.25, -0.2) is 0 Å². The predicted octanol–water partition coefficient (Wildman–Crippen LogP) is 6.86. The number of rotatable bonds is 7. The Labute approximate surface area is 180 Å². The first-order valence-electron chi connectivity index (χ1n) is 8.26. The zero-order chi connectivity index (χ0) is 20.1. The van der Waals surface area contributed by atoms with Gasteiger partial charge in [-0.1, -0.05) is 57.3 Å². The zero-order valence-corrected chi connectivity index (χ0v) is 17.6. The molecule has 0 aliphatic heterocycles. The molecule has 3 aromatic carbocycles. The van der Waals surface area contributed by atoms with Crippen LogP contribution in [0.4, 0.5) is 11.4 Å². The normalized spacial score (nSPS) is 10.5. The number of hydrogen-bond donors (Lipinski definition) is 1. The van der Waals surface area contributed by atoms with Gasteiger partial charge in [0.2, 0.25) is 0 Å². The molecule has 0 bridgehead atoms. The first kappa shape index (κ1) is 20.5. The third-order valence-corrected chi connectivity index (χ3v) is 5.00. The van der Waals surface area contributed by atoms with E-state index in [0.29, 0.717) is 34.6 Å². The second kappa shape index (κ2) is 9.28. The molecule has 0 spiro atoms. The van der Waals surface area contributed by atoms with E-state index in [0.717, 1.165) is 15.6 Å². The summed E-state index contributed by atoms with van der Waals surface area (Å²) in [6, 6.07) is 17.6. The predicted molar refractivity (Wildman–Crippen MR) is 115 cm³/mol. The van der Waals surface area contributed by atoms with Crippen molar-refractivity contribution in [3.05, 3.63) is 96.4 Å². The summed E-state index contributed by atoms with van der Waals surface area (Å²) in [5, 5.41) is 14.8. The number of nitro groups is 1. The van der Waals surface area contributed by atoms with Gasteiger partial charge < -0.3 is 10.1 Å². The minimum atomic E-state index is -0.434. The summed E-state index contributed by atoms with van der Waals surface area (Å²) in [6.45, 7) is 0.756. The molecule has 5 nitrogen and oxygen atoms in total. The van der Waals surface area contributed by atoms with Crippen LogP contribution in [0.1, 0.15) is 11.1 Å². The van der Waals surface area contributed by atoms with Crippen LogP contribution in [0.5, 0.6) is 5.75 Å². The molecule has 0 atom stereocenters. The van der Waals surface area contributed by atoms with Crippen molar-refractivity contribution < 1.29 is 9.66 Å². The highest BCUT2D eigenvalue weighted by molar-refractivity contribution is 9.10. The largest absolute Gasteiger partial charge is 0.486 e. The number of halogens is 3. The first-order valence-corrected chi connectivity index (χ1v) is 9.81. The smallest absolute Gasteiger partial charge is 0.271 e. The third-order valence-electron chi connectivity index (χ3n) is 3.91. The SMILES string of the molecule is O=[N+]([O-])c1cccc(NCc2cc(Cl)c(OCc3ccc(Br)cc3)c(Cl)c2)c1. The lowest BCUT2D eigenvalue weighted by molar-refractivity contribution is -0.384. The van der Waals surface area contributed by atoms with E-state index in [2.05, 4.69) is 21.2 Å². The molecule has 0 saturated heterocycles. The molecular formula is C20H15BrCl2N2O3. The van der Waals surface area contributed by atoms with Gasteiger partial charge in [-0.15, -0.1) is 0 Å². The number of ether oxygens (including phenoxy) is 1. The fourth-order valence-electron chi connectivity index (χ4n) is 2.52. The number of nitro benzene ring substituents is 1. The monoisotopic (exact) mass is 480 g/mol. The molecule has 0 radical (unpaired) electrons. The van der Waals surface area contributed by atoms with Crippen molar-refractivity contribution in [2.45, 2.75) is 13.2 Å². The van der Waals surface area contributed by atoms with E-state index < -0.39 is 4.92 Å². The van der Waals surface area contributed by atoms with E-state index in [1.165, 1.54) is 12.1 Å². The van der Waals surface area contributed by atoms with Crippen molar-refractivity contribution in [3.63, 3.8) is 0 Å². The number of hydrogen-bond acceptors (Lipinski definition) is 4. The Hall–Kier alpha value is -2.28. The Morgan fingerprint density at radius 1 is 1.00 bits per heavy atom. The Kier molecular flexibility index (Phi) is 6.78. The quantitative estimate of drug-likeness (QED) is 0.296. The molecule has 0 heterocycles. The van der Waals surface area contributed by atoms with Crippen molar-refractivity contribution in [1.29, 1.82) is 0 Å². The lowest BCUT2D eigenvalue weighted by atomic mass is 10.2. The molecule has 0 saturated carbocycles. The average molecular weight is 482 g/mol. The highest BCUT2D eigenvalue weighted by Crippen LogP contribution is 2.35. The van der Waals surface area contributed by atoms with Crippen molar-refractivity contribution in [3.8, 4) is 5.75 Å². The summed E-state index contributed by atoms with van der Waals surface area (Å²) >= 11 is 16.1. The first-order chi connectivity index (χ1) is 13.4. The highest BCUT2D eigenvalue weighted by atomic mass is 79.9. The van der Waals surface area contributed by atoms with Gasteiger partial charge in [0, 0.05) is 28.8 Å². The Morgan fingerprint density at radius 2 is 1.68 bits per heavy atom. The van der Waals surface area contributed by atoms with Crippen LogP contribution in [0.2, 0.25) is 10.0 Å². The summed E-state index contributed by atoms with van der Waals surface area (Å²) in [7, 11) is 0. The maximum Gasteiger partial charge on any atom is 0.271 e. The van der Waals surface area contributed by atoms with E-state index in [1.54, 1.807) is 24.3 Å². The van der Waals surface area contributed by atoms with Crippen molar-refractivity contribution in [2.75, 3.05) is 5.32 Å². The van der Waals surface area contributed by atoms with Gasteiger partial charge in [0.1, 0.15) is 6.61 Å². The van der Waals surface area contributed by atoms with Gasteiger partial charge in [0.25, 0.3) is 5.69 Å². The second-order valence-electron chi connectivity index (χ2n) is 5.96. The minimum absolute atomic E-state index is 0.0257. The van der Waals surface area contributed by atoms with E-state index in [4.69, 9.17) is 27.9 Å². The molecule has 0 amide bonds. The number of anilines is 1. The van der Waals surface area contributed by atoms with Crippen LogP contribution in [0.25, 0.3) is 0 Å². The molecule has 0 aliphatic carbocycles. The standard InChI is InChI=1S/C20H15BrCl2N2O3/c21-15-6-4-13(5-7-15)12-28-20-18(22)8-14(9-19(20)23)11-24-16-2-1-3-17(10-16)25(26)27/h1-10,24H,11-12H2. The minimum Gasteiger partial charge on any atom is -0.486 e. The Balaban J connectivity index is 1.66. The van der Waals surface area contributed by atoms with E-state index >= 15 is 0 Å². The number of nitrogens with zero attached hydrogens (tertiary/aromatic N) is 1. The molecule has 3 aromatic rings. The number of non-ortho nitro benzene ring substituents is 1. The van der Waals surface area contributed by atoms with Gasteiger partial charge >= 0.3 is 0 Å². The average Bonchev–Trinajstić information content (AvgIpc) is 2.67. The maximum absolute atomic E-state index is 10.9. The lowest BCUT2D eigenvalue weighted by Crippen LogP contribution is -2.02. The van der Waals surface area contributed by atoms with Crippen LogP contribution in [-0.4, -0.2) is 4.92 Å². The lowest BCUT2D eigenvalue weighted by Gasteiger charge is -2.13. The summed E-state index contributed by atoms with van der Waals surface area (Å²) in [4.78, 5) is 10.4. The maximum atomic E-state index is 10.9. The van der Waals surface area contributed by atoms with Gasteiger partial charge in [-0.05, 0) is 41.5 Å². The molecule has 0 aliphatic rings. The molecule has 1 N–H and O–H groups in total. The molecular weight excluding hydrogens is 467 g/mol. The van der Waals surface area contributed by atoms with Gasteiger partial charge in [-0.3, -0.25) is 10.1 Å². The molecule has 0 unspecified atom stereocenters. The van der Waals surface area contributed by atoms with Crippen LogP contribution in [0.3, 0.4) is 0 Å². The summed E-state index contributed by atoms with van der Waals surface area (Å²) in [5.41, 5.74) is 2.49. The molecule has 0 fully saturated rings. The van der Waals surface area contributed by atoms with E-state index in [1.807, 2.05) is 24.3 Å². The molecule has 8 heteroatoms. The van der Waals surface area contributed by atoms with Gasteiger partial charge in [0.05, 0.1) is 15.0 Å². The van der Waals surface area contributed by atoms with E-state index in [-0.39, 0.29) is 5.69 Å². The summed E-state index contributed by atoms with van der Waals surface area (Å²) in [5.74, 6) is 0.422. The molecule has 3 rings (SSSR count). The van der Waals surface area contributed by atoms with Crippen molar-refractivity contribution in [1.82, 2.24) is 0 Å². The van der Waals surface area contributed by atoms with Crippen LogP contribution in [-0.2, 0) is 13.2 Å². The van der Waals surface area contributed by atoms with Crippen molar-refractivity contribution in [2.24, 2.45) is 0 Å².